The Balaban J connectivity index is 0.000000281. The lowest BCUT2D eigenvalue weighted by atomic mass is 9.38. The average Bonchev–Trinajstić information content (AvgIpc) is 3.67. The number of rotatable bonds is 15. The van der Waals surface area contributed by atoms with Crippen molar-refractivity contribution >= 4 is 38.0 Å². The number of benzene rings is 2. The van der Waals surface area contributed by atoms with E-state index in [0.717, 1.165) is 81.6 Å². The summed E-state index contributed by atoms with van der Waals surface area (Å²) in [4.78, 5) is 34.1. The molecule has 0 unspecified atom stereocenters. The lowest BCUT2D eigenvalue weighted by Gasteiger charge is -2.68. The van der Waals surface area contributed by atoms with Gasteiger partial charge in [0.2, 0.25) is 0 Å². The van der Waals surface area contributed by atoms with Crippen LogP contribution in [0.5, 0.6) is 11.5 Å². The van der Waals surface area contributed by atoms with Crippen LogP contribution >= 0.6 is 0 Å². The number of hydrogen-bond donors (Lipinski definition) is 2. The molecule has 4 aromatic rings. The molecule has 3 heterocycles. The van der Waals surface area contributed by atoms with Gasteiger partial charge in [-0.2, -0.15) is 0 Å². The van der Waals surface area contributed by atoms with E-state index < -0.39 is 32.0 Å². The smallest absolute Gasteiger partial charge is 0.273 e. The van der Waals surface area contributed by atoms with Gasteiger partial charge in [0.25, 0.3) is 5.69 Å². The molecule has 60 heavy (non-hydrogen) atoms. The molecule has 0 radical (unpaired) electrons. The van der Waals surface area contributed by atoms with Crippen molar-refractivity contribution in [3.05, 3.63) is 93.3 Å². The molecule has 0 atom stereocenters. The number of hydrogen-bond acceptors (Lipinski definition) is 10. The lowest BCUT2D eigenvalue weighted by molar-refractivity contribution is -0.385. The minimum Gasteiger partial charge on any atom is -0.455 e. The molecule has 9 rings (SSSR count). The highest BCUT2D eigenvalue weighted by Gasteiger charge is 2.70. The van der Waals surface area contributed by atoms with E-state index in [4.69, 9.17) is 15.2 Å². The van der Waals surface area contributed by atoms with Gasteiger partial charge in [-0.1, -0.05) is 31.1 Å². The van der Waals surface area contributed by atoms with Crippen LogP contribution < -0.4 is 15.4 Å². The number of carbonyl (C=O) groups is 1. The lowest BCUT2D eigenvalue weighted by Crippen LogP contribution is -2.65. The second kappa shape index (κ2) is 17.4. The summed E-state index contributed by atoms with van der Waals surface area (Å²) in [6.07, 6.45) is 12.2. The summed E-state index contributed by atoms with van der Waals surface area (Å²) in [6, 6.07) is 12.6. The van der Waals surface area contributed by atoms with Crippen molar-refractivity contribution in [2.45, 2.75) is 102 Å². The molecule has 2 bridgehead atoms. The Morgan fingerprint density at radius 1 is 1.08 bits per heavy atom. The van der Waals surface area contributed by atoms with Crippen LogP contribution in [0.25, 0.3) is 11.0 Å². The molecule has 3 N–H and O–H groups in total. The summed E-state index contributed by atoms with van der Waals surface area (Å²) < 4.78 is 52.0. The zero-order valence-electron chi connectivity index (χ0n) is 35.2. The third kappa shape index (κ3) is 9.30. The van der Waals surface area contributed by atoms with Crippen molar-refractivity contribution in [3.8, 4) is 11.5 Å². The number of sulfone groups is 1. The fraction of sp³-hybridized carbons (Fsp3) is 0.522. The molecule has 2 aromatic heterocycles. The van der Waals surface area contributed by atoms with E-state index in [1.807, 2.05) is 19.9 Å². The number of ether oxygens (including phenoxy) is 2. The topological polar surface area (TPSA) is 171 Å². The molecule has 0 spiro atoms. The molecule has 1 aliphatic heterocycles. The molecule has 12 nitrogen and oxygen atoms in total. The number of pyridine rings is 1. The van der Waals surface area contributed by atoms with E-state index in [2.05, 4.69) is 28.7 Å². The van der Waals surface area contributed by atoms with Gasteiger partial charge in [-0.15, -0.1) is 0 Å². The van der Waals surface area contributed by atoms with E-state index in [0.29, 0.717) is 54.5 Å². The largest absolute Gasteiger partial charge is 0.455 e. The van der Waals surface area contributed by atoms with Crippen LogP contribution in [0.15, 0.2) is 77.0 Å². The number of nitrogens with one attached hydrogen (secondary N) is 1. The Bertz CT molecular complexity index is 2360. The zero-order chi connectivity index (χ0) is 42.9. The van der Waals surface area contributed by atoms with Gasteiger partial charge in [-0.05, 0) is 120 Å². The average molecular weight is 844 g/mol. The van der Waals surface area contributed by atoms with Gasteiger partial charge in [-0.25, -0.2) is 17.8 Å². The van der Waals surface area contributed by atoms with E-state index in [9.17, 15) is 27.7 Å². The maximum Gasteiger partial charge on any atom is 0.273 e. The number of aromatic amines is 1. The Morgan fingerprint density at radius 3 is 2.48 bits per heavy atom. The number of H-pyrrole nitrogens is 1. The Labute approximate surface area is 352 Å². The summed E-state index contributed by atoms with van der Waals surface area (Å²) in [6.45, 7) is 12.2. The van der Waals surface area contributed by atoms with Crippen LogP contribution in [0.1, 0.15) is 101 Å². The first-order valence-electron chi connectivity index (χ1n) is 21.3. The summed E-state index contributed by atoms with van der Waals surface area (Å²) in [5.41, 5.74) is 10.5. The van der Waals surface area contributed by atoms with Crippen LogP contribution in [-0.2, 0) is 21.0 Å². The number of allylic oxidation sites excluding steroid dienone is 1. The molecule has 2 aromatic carbocycles. The summed E-state index contributed by atoms with van der Waals surface area (Å²) in [5.74, 6) is -0.567. The van der Waals surface area contributed by atoms with Crippen LogP contribution in [-0.4, -0.2) is 73.4 Å². The first kappa shape index (κ1) is 43.4. The van der Waals surface area contributed by atoms with Crippen LogP contribution in [0.3, 0.4) is 0 Å². The molecule has 322 valence electrons. The Morgan fingerprint density at radius 2 is 1.82 bits per heavy atom. The van der Waals surface area contributed by atoms with Crippen molar-refractivity contribution in [2.75, 3.05) is 43.5 Å². The SMILES string of the molecule is CC1(C)CCC(CN)=C(C23CC(F)(C2)C3)C1.CCN(CC)c1ccc(C(=O)CS(=O)(=O)c2ccc(CCC3CCOCC3)c([N+](=O)[O-])c2)c(Oc2cnc3[nH]ccc3c2)c1. The Kier molecular flexibility index (Phi) is 12.6. The first-order chi connectivity index (χ1) is 28.6. The number of anilines is 1. The maximum absolute atomic E-state index is 13.6. The number of halogens is 1. The number of nitrogens with zero attached hydrogens (tertiary/aromatic N) is 3. The summed E-state index contributed by atoms with van der Waals surface area (Å²) in [5, 5.41) is 12.7. The zero-order valence-corrected chi connectivity index (χ0v) is 36.0. The van der Waals surface area contributed by atoms with Gasteiger partial charge in [-0.3, -0.25) is 14.9 Å². The maximum atomic E-state index is 13.6. The molecular formula is C46H58FN5O7S. The normalized spacial score (nSPS) is 22.3. The number of Topliss-reactive ketones (excluding diaryl/α,β-unsaturated/α-hetero) is 1. The fourth-order valence-corrected chi connectivity index (χ4v) is 10.9. The predicted molar refractivity (Wildman–Crippen MR) is 231 cm³/mol. The van der Waals surface area contributed by atoms with Gasteiger partial charge in [0.15, 0.2) is 15.6 Å². The van der Waals surface area contributed by atoms with Crippen molar-refractivity contribution in [1.82, 2.24) is 9.97 Å². The van der Waals surface area contributed by atoms with Crippen molar-refractivity contribution in [1.29, 1.82) is 0 Å². The number of ketones is 1. The minimum atomic E-state index is -4.22. The second-order valence-electron chi connectivity index (χ2n) is 18.0. The monoisotopic (exact) mass is 843 g/mol. The third-order valence-electron chi connectivity index (χ3n) is 13.1. The number of aryl methyl sites for hydroxylation is 1. The predicted octanol–water partition coefficient (Wildman–Crippen LogP) is 9.47. The first-order valence-corrected chi connectivity index (χ1v) is 22.9. The van der Waals surface area contributed by atoms with Gasteiger partial charge in [0.1, 0.15) is 28.6 Å². The number of nitro benzene ring substituents is 1. The molecule has 5 aliphatic rings. The quantitative estimate of drug-likeness (QED) is 0.0509. The van der Waals surface area contributed by atoms with Crippen molar-refractivity contribution in [2.24, 2.45) is 22.5 Å². The summed E-state index contributed by atoms with van der Waals surface area (Å²) >= 11 is 0. The molecule has 4 aliphatic carbocycles. The second-order valence-corrected chi connectivity index (χ2v) is 19.9. The van der Waals surface area contributed by atoms with E-state index in [-0.39, 0.29) is 27.3 Å². The number of carbonyl (C=O) groups excluding carboxylic acids is 1. The van der Waals surface area contributed by atoms with E-state index >= 15 is 0 Å². The highest BCUT2D eigenvalue weighted by Crippen LogP contribution is 2.74. The van der Waals surface area contributed by atoms with E-state index in [1.54, 1.807) is 36.0 Å². The van der Waals surface area contributed by atoms with Crippen molar-refractivity contribution in [3.63, 3.8) is 0 Å². The van der Waals surface area contributed by atoms with Crippen LogP contribution in [0.2, 0.25) is 0 Å². The molecule has 3 saturated carbocycles. The number of alkyl halides is 1. The molecule has 1 saturated heterocycles. The summed E-state index contributed by atoms with van der Waals surface area (Å²) in [7, 11) is -4.22. The molecule has 0 amide bonds. The van der Waals surface area contributed by atoms with Crippen molar-refractivity contribution < 1.29 is 32.0 Å². The standard InChI is InChI=1S/C32H36N4O7S.C14H22FN/c1-3-35(4-2)25-8-10-28(31(18-25)43-26-17-24-11-14-33-32(24)34-20-26)30(37)21-44(40,41)27-9-7-23(29(19-27)36(38)39)6-5-22-12-15-42-16-13-22;1-12(2)4-3-10(6-16)11(5-12)13-7-14(15,8-13)9-13/h7-11,14,17-20,22H,3-6,12-13,15-16,21H2,1-2H3,(H,33,34);3-9,16H2,1-2H3. The van der Waals surface area contributed by atoms with Gasteiger partial charge in [0, 0.05) is 73.2 Å². The molecule has 4 fully saturated rings. The highest BCUT2D eigenvalue weighted by atomic mass is 32.2. The molecule has 14 heteroatoms. The highest BCUT2D eigenvalue weighted by molar-refractivity contribution is 7.92. The minimum absolute atomic E-state index is 0.0845. The number of nitro groups is 1. The Hall–Kier alpha value is -4.66. The van der Waals surface area contributed by atoms with Gasteiger partial charge >= 0.3 is 0 Å². The molecular weight excluding hydrogens is 786 g/mol. The van der Waals surface area contributed by atoms with Gasteiger partial charge in [0.05, 0.1) is 21.6 Å². The number of nitrogens with two attached hydrogens (primary N) is 1. The van der Waals surface area contributed by atoms with E-state index in [1.165, 1.54) is 30.3 Å². The number of fused-ring (bicyclic) bond motifs is 1. The number of aromatic nitrogens is 2. The van der Waals surface area contributed by atoms with Crippen LogP contribution in [0.4, 0.5) is 15.8 Å². The third-order valence-corrected chi connectivity index (χ3v) is 14.7. The fourth-order valence-electron chi connectivity index (χ4n) is 9.66. The van der Waals surface area contributed by atoms with Crippen LogP contribution in [0, 0.1) is 26.9 Å². The van der Waals surface area contributed by atoms with Gasteiger partial charge < -0.3 is 25.1 Å².